The Balaban J connectivity index is 1.50. The minimum absolute atomic E-state index is 0.00304. The summed E-state index contributed by atoms with van der Waals surface area (Å²) < 4.78 is 25.6. The molecule has 4 rings (SSSR count). The number of rotatable bonds is 6. The molecule has 3 aromatic carbocycles. The standard InChI is InChI=1S/C25H20FNO5/c1-16-24(29)27(25(30)19-9-5-6-10-22(19)32-16)14-21(28)18-11-12-23(20(26)13-18)31-15-17-7-3-2-4-8-17/h2-13,16H,14-15H2,1H3. The van der Waals surface area contributed by atoms with Crippen molar-refractivity contribution in [1.82, 2.24) is 4.90 Å². The minimum Gasteiger partial charge on any atom is -0.486 e. The van der Waals surface area contributed by atoms with E-state index in [-0.39, 0.29) is 29.2 Å². The largest absolute Gasteiger partial charge is 0.486 e. The van der Waals surface area contributed by atoms with Crippen molar-refractivity contribution in [2.24, 2.45) is 0 Å². The Hall–Kier alpha value is -4.00. The molecule has 0 aliphatic carbocycles. The number of para-hydroxylation sites is 1. The van der Waals surface area contributed by atoms with Crippen LogP contribution in [0.5, 0.6) is 11.5 Å². The smallest absolute Gasteiger partial charge is 0.270 e. The van der Waals surface area contributed by atoms with Gasteiger partial charge in [-0.1, -0.05) is 42.5 Å². The first-order chi connectivity index (χ1) is 15.4. The zero-order valence-corrected chi connectivity index (χ0v) is 17.3. The van der Waals surface area contributed by atoms with Crippen LogP contribution in [-0.2, 0) is 11.4 Å². The van der Waals surface area contributed by atoms with Crippen LogP contribution in [0, 0.1) is 5.82 Å². The fraction of sp³-hybridized carbons (Fsp3) is 0.160. The van der Waals surface area contributed by atoms with E-state index in [9.17, 15) is 18.8 Å². The van der Waals surface area contributed by atoms with E-state index in [1.165, 1.54) is 25.1 Å². The second kappa shape index (κ2) is 9.01. The summed E-state index contributed by atoms with van der Waals surface area (Å²) in [5.74, 6) is -2.27. The third kappa shape index (κ3) is 4.37. The van der Waals surface area contributed by atoms with E-state index in [4.69, 9.17) is 9.47 Å². The lowest BCUT2D eigenvalue weighted by Gasteiger charge is -2.19. The first-order valence-corrected chi connectivity index (χ1v) is 10.0. The second-order valence-corrected chi connectivity index (χ2v) is 7.33. The first-order valence-electron chi connectivity index (χ1n) is 10.0. The number of Topliss-reactive ketones (excluding diaryl/α,β-unsaturated/α-hetero) is 1. The van der Waals surface area contributed by atoms with Crippen LogP contribution in [0.3, 0.4) is 0 Å². The Kier molecular flexibility index (Phi) is 5.98. The van der Waals surface area contributed by atoms with E-state index < -0.39 is 36.1 Å². The molecule has 0 saturated carbocycles. The monoisotopic (exact) mass is 433 g/mol. The Morgan fingerprint density at radius 3 is 2.50 bits per heavy atom. The lowest BCUT2D eigenvalue weighted by atomic mass is 10.1. The van der Waals surface area contributed by atoms with Gasteiger partial charge in [-0.25, -0.2) is 4.39 Å². The number of hydrogen-bond donors (Lipinski definition) is 0. The normalized spacial score (nSPS) is 15.6. The van der Waals surface area contributed by atoms with Crippen molar-refractivity contribution < 1.29 is 28.2 Å². The molecule has 0 fully saturated rings. The van der Waals surface area contributed by atoms with Crippen molar-refractivity contribution in [3.8, 4) is 11.5 Å². The highest BCUT2D eigenvalue weighted by atomic mass is 19.1. The quantitative estimate of drug-likeness (QED) is 0.433. The number of amides is 2. The molecule has 0 N–H and O–H groups in total. The van der Waals surface area contributed by atoms with Crippen LogP contribution in [-0.4, -0.2) is 35.1 Å². The Morgan fingerprint density at radius 2 is 1.75 bits per heavy atom. The molecule has 162 valence electrons. The zero-order chi connectivity index (χ0) is 22.7. The minimum atomic E-state index is -0.944. The third-order valence-electron chi connectivity index (χ3n) is 5.07. The molecule has 1 unspecified atom stereocenters. The number of hydrogen-bond acceptors (Lipinski definition) is 5. The van der Waals surface area contributed by atoms with Gasteiger partial charge in [0.25, 0.3) is 11.8 Å². The number of nitrogens with zero attached hydrogens (tertiary/aromatic N) is 1. The van der Waals surface area contributed by atoms with E-state index in [2.05, 4.69) is 0 Å². The van der Waals surface area contributed by atoms with Crippen LogP contribution >= 0.6 is 0 Å². The molecule has 0 spiro atoms. The van der Waals surface area contributed by atoms with Gasteiger partial charge in [0, 0.05) is 5.56 Å². The highest BCUT2D eigenvalue weighted by Gasteiger charge is 2.35. The van der Waals surface area contributed by atoms with Gasteiger partial charge < -0.3 is 9.47 Å². The van der Waals surface area contributed by atoms with Gasteiger partial charge in [-0.3, -0.25) is 19.3 Å². The van der Waals surface area contributed by atoms with E-state index in [0.717, 1.165) is 16.5 Å². The highest BCUT2D eigenvalue weighted by Crippen LogP contribution is 2.26. The fourth-order valence-electron chi connectivity index (χ4n) is 3.36. The van der Waals surface area contributed by atoms with Crippen molar-refractivity contribution >= 4 is 17.6 Å². The molecule has 1 aliphatic rings. The highest BCUT2D eigenvalue weighted by molar-refractivity contribution is 6.12. The molecule has 32 heavy (non-hydrogen) atoms. The van der Waals surface area contributed by atoms with Gasteiger partial charge in [0.2, 0.25) is 0 Å². The van der Waals surface area contributed by atoms with E-state index in [1.807, 2.05) is 30.3 Å². The van der Waals surface area contributed by atoms with Gasteiger partial charge in [0.1, 0.15) is 12.4 Å². The summed E-state index contributed by atoms with van der Waals surface area (Å²) >= 11 is 0. The predicted molar refractivity (Wildman–Crippen MR) is 114 cm³/mol. The first kappa shape index (κ1) is 21.2. The average molecular weight is 433 g/mol. The number of imide groups is 1. The van der Waals surface area contributed by atoms with Crippen molar-refractivity contribution in [2.75, 3.05) is 6.54 Å². The maximum Gasteiger partial charge on any atom is 0.270 e. The lowest BCUT2D eigenvalue weighted by Crippen LogP contribution is -2.44. The van der Waals surface area contributed by atoms with Crippen molar-refractivity contribution in [1.29, 1.82) is 0 Å². The van der Waals surface area contributed by atoms with E-state index >= 15 is 0 Å². The zero-order valence-electron chi connectivity index (χ0n) is 17.3. The molecule has 1 atom stereocenters. The molecule has 1 aliphatic heterocycles. The molecule has 0 saturated heterocycles. The summed E-state index contributed by atoms with van der Waals surface area (Å²) in [5, 5.41) is 0. The molecule has 7 heteroatoms. The average Bonchev–Trinajstić information content (AvgIpc) is 2.89. The number of fused-ring (bicyclic) bond motifs is 1. The SMILES string of the molecule is CC1Oc2ccccc2C(=O)N(CC(=O)c2ccc(OCc3ccccc3)c(F)c2)C1=O. The van der Waals surface area contributed by atoms with Gasteiger partial charge >= 0.3 is 0 Å². The van der Waals surface area contributed by atoms with Crippen LogP contribution in [0.2, 0.25) is 0 Å². The van der Waals surface area contributed by atoms with Crippen LogP contribution < -0.4 is 9.47 Å². The van der Waals surface area contributed by atoms with E-state index in [0.29, 0.717) is 0 Å². The van der Waals surface area contributed by atoms with Crippen LogP contribution in [0.4, 0.5) is 4.39 Å². The van der Waals surface area contributed by atoms with Gasteiger partial charge in [0.05, 0.1) is 12.1 Å². The molecule has 0 bridgehead atoms. The summed E-state index contributed by atoms with van der Waals surface area (Å²) in [7, 11) is 0. The van der Waals surface area contributed by atoms with Gasteiger partial charge in [-0.05, 0) is 42.8 Å². The van der Waals surface area contributed by atoms with Crippen molar-refractivity contribution in [3.63, 3.8) is 0 Å². The number of carbonyl (C=O) groups is 3. The summed E-state index contributed by atoms with van der Waals surface area (Å²) in [4.78, 5) is 39.2. The summed E-state index contributed by atoms with van der Waals surface area (Å²) in [6.45, 7) is 1.16. The summed E-state index contributed by atoms with van der Waals surface area (Å²) in [6.07, 6.45) is -0.944. The van der Waals surface area contributed by atoms with E-state index in [1.54, 1.807) is 18.2 Å². The Morgan fingerprint density at radius 1 is 1.03 bits per heavy atom. The van der Waals surface area contributed by atoms with Gasteiger partial charge in [0.15, 0.2) is 23.5 Å². The van der Waals surface area contributed by atoms with Crippen LogP contribution in [0.15, 0.2) is 72.8 Å². The number of carbonyl (C=O) groups excluding carboxylic acids is 3. The number of ether oxygens (including phenoxy) is 2. The molecule has 1 heterocycles. The Bertz CT molecular complexity index is 1180. The molecule has 0 radical (unpaired) electrons. The number of ketones is 1. The molecule has 3 aromatic rings. The number of halogens is 1. The number of benzene rings is 3. The van der Waals surface area contributed by atoms with Crippen molar-refractivity contribution in [2.45, 2.75) is 19.6 Å². The second-order valence-electron chi connectivity index (χ2n) is 7.33. The lowest BCUT2D eigenvalue weighted by molar-refractivity contribution is -0.134. The van der Waals surface area contributed by atoms with Crippen molar-refractivity contribution in [3.05, 3.63) is 95.3 Å². The fourth-order valence-corrected chi connectivity index (χ4v) is 3.36. The van der Waals surface area contributed by atoms with Crippen LogP contribution in [0.25, 0.3) is 0 Å². The maximum atomic E-state index is 14.5. The molecule has 0 aromatic heterocycles. The molecule has 6 nitrogen and oxygen atoms in total. The molecular weight excluding hydrogens is 413 g/mol. The maximum absolute atomic E-state index is 14.5. The summed E-state index contributed by atoms with van der Waals surface area (Å²) in [6, 6.07) is 19.5. The predicted octanol–water partition coefficient (Wildman–Crippen LogP) is 4.04. The topological polar surface area (TPSA) is 72.9 Å². The van der Waals surface area contributed by atoms with Gasteiger partial charge in [-0.2, -0.15) is 0 Å². The Labute approximate surface area is 184 Å². The summed E-state index contributed by atoms with van der Waals surface area (Å²) in [5.41, 5.74) is 1.09. The van der Waals surface area contributed by atoms with Gasteiger partial charge in [-0.15, -0.1) is 0 Å². The van der Waals surface area contributed by atoms with Crippen LogP contribution in [0.1, 0.15) is 33.2 Å². The third-order valence-corrected chi connectivity index (χ3v) is 5.07. The molecule has 2 amide bonds. The molecular formula is C25H20FNO5.